The average molecular weight is 146 g/mol. The van der Waals surface area contributed by atoms with Gasteiger partial charge in [0.05, 0.1) is 0 Å². The molecule has 9 heavy (non-hydrogen) atoms. The number of carbonyl (C=O) groups is 2. The van der Waals surface area contributed by atoms with Gasteiger partial charge in [-0.05, 0) is 0 Å². The van der Waals surface area contributed by atoms with Gasteiger partial charge in [-0.3, -0.25) is 4.79 Å². The predicted octanol–water partition coefficient (Wildman–Crippen LogP) is 1.10. The first kappa shape index (κ1) is 8.69. The van der Waals surface area contributed by atoms with Crippen LogP contribution in [0.5, 0.6) is 0 Å². The summed E-state index contributed by atoms with van der Waals surface area (Å²) >= 11 is 1.19. The van der Waals surface area contributed by atoms with Crippen molar-refractivity contribution in [1.29, 1.82) is 0 Å². The van der Waals surface area contributed by atoms with E-state index in [1.165, 1.54) is 18.7 Å². The summed E-state index contributed by atoms with van der Waals surface area (Å²) < 4.78 is 0. The molecule has 0 aromatic rings. The lowest BCUT2D eigenvalue weighted by Gasteiger charge is -1.97. The number of rotatable bonds is 3. The fourth-order valence-electron chi connectivity index (χ4n) is 0.288. The van der Waals surface area contributed by atoms with Crippen molar-refractivity contribution >= 4 is 23.2 Å². The third kappa shape index (κ3) is 5.56. The summed E-state index contributed by atoms with van der Waals surface area (Å²) in [5, 5.41) is 0.0729. The molecule has 3 heteroatoms. The van der Waals surface area contributed by atoms with Gasteiger partial charge >= 0.3 is 0 Å². The Balaban J connectivity index is 3.26. The number of aldehydes is 1. The molecular weight excluding hydrogens is 136 g/mol. The highest BCUT2D eigenvalue weighted by atomic mass is 32.2. The monoisotopic (exact) mass is 146 g/mol. The SMILES string of the molecule is CC(=O)SC[C@@H](C)C=O. The van der Waals surface area contributed by atoms with E-state index < -0.39 is 0 Å². The Kier molecular flexibility index (Phi) is 4.40. The Morgan fingerprint density at radius 1 is 1.78 bits per heavy atom. The van der Waals surface area contributed by atoms with Gasteiger partial charge in [0.25, 0.3) is 0 Å². The lowest BCUT2D eigenvalue weighted by molar-refractivity contribution is -0.110. The van der Waals surface area contributed by atoms with E-state index in [4.69, 9.17) is 0 Å². The summed E-state index contributed by atoms with van der Waals surface area (Å²) in [6.07, 6.45) is 0.857. The molecule has 0 amide bonds. The van der Waals surface area contributed by atoms with Crippen LogP contribution < -0.4 is 0 Å². The minimum Gasteiger partial charge on any atom is -0.303 e. The van der Waals surface area contributed by atoms with Crippen molar-refractivity contribution in [2.45, 2.75) is 13.8 Å². The van der Waals surface area contributed by atoms with Crippen molar-refractivity contribution in [3.63, 3.8) is 0 Å². The van der Waals surface area contributed by atoms with Gasteiger partial charge in [0.1, 0.15) is 6.29 Å². The molecule has 52 valence electrons. The zero-order valence-corrected chi connectivity index (χ0v) is 6.40. The molecule has 0 aliphatic heterocycles. The molecule has 0 heterocycles. The van der Waals surface area contributed by atoms with Gasteiger partial charge in [0, 0.05) is 18.6 Å². The molecule has 0 aromatic heterocycles. The standard InChI is InChI=1S/C6H10O2S/c1-5(3-7)4-9-6(2)8/h3,5H,4H2,1-2H3/t5-/m0/s1. The molecule has 2 nitrogen and oxygen atoms in total. The molecule has 0 fully saturated rings. The number of hydrogen-bond acceptors (Lipinski definition) is 3. The molecule has 0 saturated heterocycles. The van der Waals surface area contributed by atoms with Crippen LogP contribution in [0.15, 0.2) is 0 Å². The fraction of sp³-hybridized carbons (Fsp3) is 0.667. The molecule has 0 saturated carbocycles. The van der Waals surface area contributed by atoms with Gasteiger partial charge in [-0.25, -0.2) is 0 Å². The van der Waals surface area contributed by atoms with Crippen LogP contribution in [0.25, 0.3) is 0 Å². The Labute approximate surface area is 59.0 Å². The summed E-state index contributed by atoms with van der Waals surface area (Å²) in [6, 6.07) is 0. The van der Waals surface area contributed by atoms with Crippen LogP contribution in [0.3, 0.4) is 0 Å². The van der Waals surface area contributed by atoms with Gasteiger partial charge in [-0.2, -0.15) is 0 Å². The Hall–Kier alpha value is -0.310. The third-order valence-electron chi connectivity index (χ3n) is 0.782. The first-order valence-electron chi connectivity index (χ1n) is 2.75. The van der Waals surface area contributed by atoms with Crippen molar-refractivity contribution in [1.82, 2.24) is 0 Å². The van der Waals surface area contributed by atoms with E-state index in [-0.39, 0.29) is 11.0 Å². The summed E-state index contributed by atoms with van der Waals surface area (Å²) in [5.74, 6) is 0.609. The summed E-state index contributed by atoms with van der Waals surface area (Å²) in [6.45, 7) is 3.30. The molecule has 0 N–H and O–H groups in total. The van der Waals surface area contributed by atoms with E-state index in [1.807, 2.05) is 0 Å². The highest BCUT2D eigenvalue weighted by molar-refractivity contribution is 8.13. The van der Waals surface area contributed by atoms with Gasteiger partial charge < -0.3 is 4.79 Å². The van der Waals surface area contributed by atoms with E-state index in [9.17, 15) is 9.59 Å². The Morgan fingerprint density at radius 2 is 2.33 bits per heavy atom. The summed E-state index contributed by atoms with van der Waals surface area (Å²) in [5.41, 5.74) is 0. The van der Waals surface area contributed by atoms with E-state index in [1.54, 1.807) is 6.92 Å². The van der Waals surface area contributed by atoms with Crippen LogP contribution in [-0.4, -0.2) is 17.2 Å². The van der Waals surface area contributed by atoms with Gasteiger partial charge in [-0.15, -0.1) is 0 Å². The van der Waals surface area contributed by atoms with Crippen LogP contribution in [-0.2, 0) is 9.59 Å². The lowest BCUT2D eigenvalue weighted by Crippen LogP contribution is -2.00. The van der Waals surface area contributed by atoms with E-state index in [0.717, 1.165) is 6.29 Å². The van der Waals surface area contributed by atoms with Crippen molar-refractivity contribution in [2.75, 3.05) is 5.75 Å². The summed E-state index contributed by atoms with van der Waals surface area (Å²) in [7, 11) is 0. The normalized spacial score (nSPS) is 12.7. The van der Waals surface area contributed by atoms with Gasteiger partial charge in [0.15, 0.2) is 5.12 Å². The smallest absolute Gasteiger partial charge is 0.185 e. The van der Waals surface area contributed by atoms with Crippen LogP contribution in [0, 0.1) is 5.92 Å². The average Bonchev–Trinajstić information content (AvgIpc) is 1.83. The largest absolute Gasteiger partial charge is 0.303 e. The minimum atomic E-state index is -0.00102. The van der Waals surface area contributed by atoms with Crippen molar-refractivity contribution < 1.29 is 9.59 Å². The second-order valence-electron chi connectivity index (χ2n) is 1.92. The maximum absolute atomic E-state index is 10.3. The highest BCUT2D eigenvalue weighted by Gasteiger charge is 2.00. The number of hydrogen-bond donors (Lipinski definition) is 0. The minimum absolute atomic E-state index is 0.00102. The number of thioether (sulfide) groups is 1. The topological polar surface area (TPSA) is 34.1 Å². The molecule has 0 unspecified atom stereocenters. The zero-order valence-electron chi connectivity index (χ0n) is 5.59. The van der Waals surface area contributed by atoms with Crippen LogP contribution in [0.4, 0.5) is 0 Å². The van der Waals surface area contributed by atoms with Crippen LogP contribution in [0.2, 0.25) is 0 Å². The molecular formula is C6H10O2S. The van der Waals surface area contributed by atoms with Crippen LogP contribution in [0.1, 0.15) is 13.8 Å². The Bertz CT molecular complexity index is 112. The van der Waals surface area contributed by atoms with Gasteiger partial charge in [0.2, 0.25) is 0 Å². The molecule has 0 bridgehead atoms. The van der Waals surface area contributed by atoms with E-state index >= 15 is 0 Å². The fourth-order valence-corrected chi connectivity index (χ4v) is 0.864. The second-order valence-corrected chi connectivity index (χ2v) is 3.11. The quantitative estimate of drug-likeness (QED) is 0.559. The molecule has 0 radical (unpaired) electrons. The first-order valence-corrected chi connectivity index (χ1v) is 3.74. The van der Waals surface area contributed by atoms with Crippen LogP contribution >= 0.6 is 11.8 Å². The third-order valence-corrected chi connectivity index (χ3v) is 1.88. The van der Waals surface area contributed by atoms with Crippen molar-refractivity contribution in [3.8, 4) is 0 Å². The Morgan fingerprint density at radius 3 is 2.67 bits per heavy atom. The lowest BCUT2D eigenvalue weighted by atomic mass is 10.3. The van der Waals surface area contributed by atoms with Crippen molar-refractivity contribution in [3.05, 3.63) is 0 Å². The van der Waals surface area contributed by atoms with Crippen molar-refractivity contribution in [2.24, 2.45) is 5.92 Å². The molecule has 0 aliphatic carbocycles. The molecule has 0 aromatic carbocycles. The number of carbonyl (C=O) groups excluding carboxylic acids is 2. The first-order chi connectivity index (χ1) is 4.16. The van der Waals surface area contributed by atoms with E-state index in [2.05, 4.69) is 0 Å². The highest BCUT2D eigenvalue weighted by Crippen LogP contribution is 2.05. The molecule has 0 rings (SSSR count). The maximum atomic E-state index is 10.3. The molecule has 1 atom stereocenters. The molecule has 0 aliphatic rings. The predicted molar refractivity (Wildman–Crippen MR) is 38.4 cm³/mol. The maximum Gasteiger partial charge on any atom is 0.185 e. The zero-order chi connectivity index (χ0) is 7.28. The van der Waals surface area contributed by atoms with Gasteiger partial charge in [-0.1, -0.05) is 18.7 Å². The molecule has 0 spiro atoms. The second kappa shape index (κ2) is 4.56. The summed E-state index contributed by atoms with van der Waals surface area (Å²) in [4.78, 5) is 20.3. The van der Waals surface area contributed by atoms with E-state index in [0.29, 0.717) is 5.75 Å².